The molecule has 0 aliphatic carbocycles. The Morgan fingerprint density at radius 1 is 1.52 bits per heavy atom. The van der Waals surface area contributed by atoms with Gasteiger partial charge in [0.25, 0.3) is 0 Å². The van der Waals surface area contributed by atoms with E-state index in [1.54, 1.807) is 11.0 Å². The first-order valence-electron chi connectivity index (χ1n) is 7.03. The van der Waals surface area contributed by atoms with E-state index < -0.39 is 5.60 Å². The molecule has 0 bridgehead atoms. The molecule has 0 spiro atoms. The van der Waals surface area contributed by atoms with Crippen molar-refractivity contribution in [1.29, 1.82) is 0 Å². The van der Waals surface area contributed by atoms with Crippen LogP contribution in [0.3, 0.4) is 0 Å². The van der Waals surface area contributed by atoms with Gasteiger partial charge < -0.3 is 15.0 Å². The van der Waals surface area contributed by atoms with Crippen LogP contribution < -0.4 is 5.32 Å². The first kappa shape index (κ1) is 15.8. The number of halogens is 1. The van der Waals surface area contributed by atoms with Gasteiger partial charge in [-0.05, 0) is 33.1 Å². The summed E-state index contributed by atoms with van der Waals surface area (Å²) < 4.78 is 5.38. The average molecular weight is 313 g/mol. The van der Waals surface area contributed by atoms with E-state index in [0.29, 0.717) is 23.4 Å². The number of nitrogens with one attached hydrogen (secondary N) is 1. The Kier molecular flexibility index (Phi) is 4.88. The number of rotatable bonds is 3. The zero-order valence-electron chi connectivity index (χ0n) is 12.6. The van der Waals surface area contributed by atoms with Crippen molar-refractivity contribution >= 4 is 23.5 Å². The van der Waals surface area contributed by atoms with Crippen molar-refractivity contribution in [3.05, 3.63) is 17.5 Å². The van der Waals surface area contributed by atoms with Gasteiger partial charge in [0.2, 0.25) is 0 Å². The second-order valence-corrected chi connectivity index (χ2v) is 6.58. The number of aromatic nitrogens is 2. The van der Waals surface area contributed by atoms with Gasteiger partial charge >= 0.3 is 6.09 Å². The first-order chi connectivity index (χ1) is 9.83. The smallest absolute Gasteiger partial charge is 0.410 e. The maximum Gasteiger partial charge on any atom is 0.410 e. The summed E-state index contributed by atoms with van der Waals surface area (Å²) >= 11 is 5.81. The van der Waals surface area contributed by atoms with Crippen LogP contribution in [0, 0.1) is 5.92 Å². The molecule has 7 heteroatoms. The Morgan fingerprint density at radius 2 is 2.29 bits per heavy atom. The maximum absolute atomic E-state index is 12.0. The zero-order valence-corrected chi connectivity index (χ0v) is 13.4. The van der Waals surface area contributed by atoms with E-state index in [-0.39, 0.29) is 6.09 Å². The van der Waals surface area contributed by atoms with Crippen LogP contribution in [0.2, 0.25) is 5.15 Å². The van der Waals surface area contributed by atoms with Gasteiger partial charge in [0, 0.05) is 25.7 Å². The number of ether oxygens (including phenoxy) is 1. The molecule has 116 valence electrons. The molecular formula is C14H21ClN4O2. The molecule has 1 aromatic rings. The fraction of sp³-hybridized carbons (Fsp3) is 0.643. The van der Waals surface area contributed by atoms with Gasteiger partial charge in [-0.1, -0.05) is 11.6 Å². The van der Waals surface area contributed by atoms with Crippen LogP contribution in [0.15, 0.2) is 12.4 Å². The fourth-order valence-electron chi connectivity index (χ4n) is 2.17. The van der Waals surface area contributed by atoms with Crippen LogP contribution >= 0.6 is 11.6 Å². The third-order valence-electron chi connectivity index (χ3n) is 3.14. The lowest BCUT2D eigenvalue weighted by atomic mass is 10.1. The highest BCUT2D eigenvalue weighted by Gasteiger charge is 2.29. The van der Waals surface area contributed by atoms with E-state index in [0.717, 1.165) is 19.5 Å². The quantitative estimate of drug-likeness (QED) is 0.869. The van der Waals surface area contributed by atoms with E-state index in [9.17, 15) is 4.79 Å². The zero-order chi connectivity index (χ0) is 15.5. The number of nitrogens with zero attached hydrogens (tertiary/aromatic N) is 3. The highest BCUT2D eigenvalue weighted by Crippen LogP contribution is 2.20. The largest absolute Gasteiger partial charge is 0.444 e. The Balaban J connectivity index is 1.79. The van der Waals surface area contributed by atoms with Crippen molar-refractivity contribution < 1.29 is 9.53 Å². The number of amides is 1. The predicted molar refractivity (Wildman–Crippen MR) is 81.4 cm³/mol. The lowest BCUT2D eigenvalue weighted by Crippen LogP contribution is -2.35. The van der Waals surface area contributed by atoms with Crippen molar-refractivity contribution in [3.63, 3.8) is 0 Å². The van der Waals surface area contributed by atoms with Crippen LogP contribution in [0.4, 0.5) is 10.6 Å². The average Bonchev–Trinajstić information content (AvgIpc) is 2.83. The summed E-state index contributed by atoms with van der Waals surface area (Å²) in [4.78, 5) is 21.7. The van der Waals surface area contributed by atoms with Gasteiger partial charge in [-0.2, -0.15) is 0 Å². The van der Waals surface area contributed by atoms with E-state index in [4.69, 9.17) is 16.3 Å². The van der Waals surface area contributed by atoms with Crippen LogP contribution in [0.25, 0.3) is 0 Å². The second-order valence-electron chi connectivity index (χ2n) is 6.19. The number of hydrogen-bond acceptors (Lipinski definition) is 5. The van der Waals surface area contributed by atoms with E-state index in [1.807, 2.05) is 20.8 Å². The number of carbonyl (C=O) groups excluding carboxylic acids is 1. The number of carbonyl (C=O) groups is 1. The van der Waals surface area contributed by atoms with Crippen molar-refractivity contribution in [2.45, 2.75) is 32.8 Å². The minimum atomic E-state index is -0.453. The molecule has 1 fully saturated rings. The minimum Gasteiger partial charge on any atom is -0.444 e. The standard InChI is InChI=1S/C14H21ClN4O2/c1-14(2,3)21-13(20)19-5-4-10(8-19)7-16-12-6-11(15)17-9-18-12/h6,9-10H,4-5,7-8H2,1-3H3,(H,16,17,18)/t10-/m0/s1. The molecule has 1 amide bonds. The normalized spacial score (nSPS) is 18.7. The van der Waals surface area contributed by atoms with Crippen LogP contribution in [-0.4, -0.2) is 46.2 Å². The summed E-state index contributed by atoms with van der Waals surface area (Å²) in [6, 6.07) is 1.68. The Bertz CT molecular complexity index is 504. The van der Waals surface area contributed by atoms with Crippen LogP contribution in [-0.2, 0) is 4.74 Å². The van der Waals surface area contributed by atoms with Crippen molar-refractivity contribution in [3.8, 4) is 0 Å². The van der Waals surface area contributed by atoms with Gasteiger partial charge in [0.1, 0.15) is 22.9 Å². The third-order valence-corrected chi connectivity index (χ3v) is 3.35. The number of hydrogen-bond donors (Lipinski definition) is 1. The number of anilines is 1. The van der Waals surface area contributed by atoms with Crippen molar-refractivity contribution in [1.82, 2.24) is 14.9 Å². The van der Waals surface area contributed by atoms with Gasteiger partial charge in [-0.25, -0.2) is 14.8 Å². The topological polar surface area (TPSA) is 67.3 Å². The predicted octanol–water partition coefficient (Wildman–Crippen LogP) is 2.80. The summed E-state index contributed by atoms with van der Waals surface area (Å²) in [6.45, 7) is 7.79. The number of likely N-dealkylation sites (tertiary alicyclic amines) is 1. The summed E-state index contributed by atoms with van der Waals surface area (Å²) in [5.74, 6) is 1.08. The van der Waals surface area contributed by atoms with E-state index >= 15 is 0 Å². The molecule has 1 N–H and O–H groups in total. The summed E-state index contributed by atoms with van der Waals surface area (Å²) in [6.07, 6.45) is 2.13. The molecule has 0 aromatic carbocycles. The van der Waals surface area contributed by atoms with Crippen molar-refractivity contribution in [2.75, 3.05) is 25.0 Å². The molecule has 1 aliphatic heterocycles. The highest BCUT2D eigenvalue weighted by molar-refractivity contribution is 6.29. The molecule has 2 rings (SSSR count). The van der Waals surface area contributed by atoms with Crippen molar-refractivity contribution in [2.24, 2.45) is 5.92 Å². The molecule has 6 nitrogen and oxygen atoms in total. The van der Waals surface area contributed by atoms with Gasteiger partial charge in [-0.3, -0.25) is 0 Å². The SMILES string of the molecule is CC(C)(C)OC(=O)N1CC[C@@H](CNc2cc(Cl)ncn2)C1. The molecule has 2 heterocycles. The molecular weight excluding hydrogens is 292 g/mol. The Labute approximate surface area is 129 Å². The van der Waals surface area contributed by atoms with Crippen LogP contribution in [0.5, 0.6) is 0 Å². The molecule has 1 saturated heterocycles. The third kappa shape index (κ3) is 5.04. The van der Waals surface area contributed by atoms with Gasteiger partial charge in [0.05, 0.1) is 0 Å². The molecule has 1 aliphatic rings. The second kappa shape index (κ2) is 6.47. The molecule has 0 radical (unpaired) electrons. The lowest BCUT2D eigenvalue weighted by molar-refractivity contribution is 0.0289. The van der Waals surface area contributed by atoms with Crippen LogP contribution in [0.1, 0.15) is 27.2 Å². The Morgan fingerprint density at radius 3 is 2.95 bits per heavy atom. The molecule has 0 saturated carbocycles. The molecule has 1 aromatic heterocycles. The summed E-state index contributed by atoms with van der Waals surface area (Å²) in [7, 11) is 0. The van der Waals surface area contributed by atoms with Gasteiger partial charge in [-0.15, -0.1) is 0 Å². The summed E-state index contributed by atoms with van der Waals surface area (Å²) in [5.41, 5.74) is -0.453. The van der Waals surface area contributed by atoms with E-state index in [2.05, 4.69) is 15.3 Å². The fourth-order valence-corrected chi connectivity index (χ4v) is 2.32. The van der Waals surface area contributed by atoms with Gasteiger partial charge in [0.15, 0.2) is 0 Å². The Hall–Kier alpha value is -1.56. The maximum atomic E-state index is 12.0. The molecule has 0 unspecified atom stereocenters. The monoisotopic (exact) mass is 312 g/mol. The minimum absolute atomic E-state index is 0.241. The molecule has 1 atom stereocenters. The highest BCUT2D eigenvalue weighted by atomic mass is 35.5. The molecule has 21 heavy (non-hydrogen) atoms. The van der Waals surface area contributed by atoms with E-state index in [1.165, 1.54) is 6.33 Å². The lowest BCUT2D eigenvalue weighted by Gasteiger charge is -2.24. The summed E-state index contributed by atoms with van der Waals surface area (Å²) in [5, 5.41) is 3.63. The first-order valence-corrected chi connectivity index (χ1v) is 7.40.